The lowest BCUT2D eigenvalue weighted by atomic mass is 9.82. The molecule has 0 saturated heterocycles. The van der Waals surface area contributed by atoms with Crippen LogP contribution in [0.4, 0.5) is 0 Å². The van der Waals surface area contributed by atoms with E-state index in [0.717, 1.165) is 34.1 Å². The van der Waals surface area contributed by atoms with Crippen LogP contribution in [0.5, 0.6) is 5.75 Å². The quantitative estimate of drug-likeness (QED) is 0.776. The summed E-state index contributed by atoms with van der Waals surface area (Å²) in [6.45, 7) is 0.966. The largest absolute Gasteiger partial charge is 0.494 e. The van der Waals surface area contributed by atoms with Gasteiger partial charge in [-0.05, 0) is 62.4 Å². The number of ether oxygens (including phenoxy) is 1. The Morgan fingerprint density at radius 3 is 2.30 bits per heavy atom. The summed E-state index contributed by atoms with van der Waals surface area (Å²) in [6.07, 6.45) is 5.79. The minimum absolute atomic E-state index is 0.100. The fourth-order valence-electron chi connectivity index (χ4n) is 2.82. The maximum Gasteiger partial charge on any atom is 0.147 e. The van der Waals surface area contributed by atoms with Crippen LogP contribution in [0, 0.1) is 0 Å². The molecule has 2 rings (SSSR count). The Morgan fingerprint density at radius 2 is 1.80 bits per heavy atom. The summed E-state index contributed by atoms with van der Waals surface area (Å²) in [5, 5.41) is 13.3. The molecule has 0 atom stereocenters. The van der Waals surface area contributed by atoms with Gasteiger partial charge in [0.25, 0.3) is 0 Å². The highest BCUT2D eigenvalue weighted by atomic mass is 79.9. The molecule has 0 amide bonds. The maximum atomic E-state index is 9.71. The van der Waals surface area contributed by atoms with Gasteiger partial charge in [-0.15, -0.1) is 0 Å². The van der Waals surface area contributed by atoms with Gasteiger partial charge in [-0.25, -0.2) is 0 Å². The number of aliphatic hydroxyl groups is 1. The van der Waals surface area contributed by atoms with Crippen molar-refractivity contribution in [3.05, 3.63) is 26.6 Å². The molecule has 1 aromatic rings. The Bertz CT molecular complexity index is 436. The molecule has 3 nitrogen and oxygen atoms in total. The number of nitrogens with one attached hydrogen (secondary N) is 1. The highest BCUT2D eigenvalue weighted by Gasteiger charge is 2.30. The van der Waals surface area contributed by atoms with Crippen molar-refractivity contribution in [2.75, 3.05) is 13.7 Å². The van der Waals surface area contributed by atoms with E-state index in [4.69, 9.17) is 4.74 Å². The Morgan fingerprint density at radius 1 is 1.20 bits per heavy atom. The lowest BCUT2D eigenvalue weighted by Gasteiger charge is -2.36. The van der Waals surface area contributed by atoms with Crippen LogP contribution in [0.2, 0.25) is 0 Å². The third-order valence-electron chi connectivity index (χ3n) is 4.04. The van der Waals surface area contributed by atoms with Gasteiger partial charge in [-0.3, -0.25) is 0 Å². The number of hydrogen-bond acceptors (Lipinski definition) is 3. The fourth-order valence-corrected chi connectivity index (χ4v) is 4.42. The van der Waals surface area contributed by atoms with E-state index in [0.29, 0.717) is 0 Å². The summed E-state index contributed by atoms with van der Waals surface area (Å²) >= 11 is 7.04. The molecule has 0 spiro atoms. The topological polar surface area (TPSA) is 41.5 Å². The van der Waals surface area contributed by atoms with Gasteiger partial charge in [0.15, 0.2) is 0 Å². The van der Waals surface area contributed by atoms with Crippen molar-refractivity contribution < 1.29 is 9.84 Å². The molecule has 1 aliphatic rings. The average molecular weight is 407 g/mol. The highest BCUT2D eigenvalue weighted by molar-refractivity contribution is 9.11. The molecule has 0 bridgehead atoms. The van der Waals surface area contributed by atoms with Gasteiger partial charge < -0.3 is 15.2 Å². The summed E-state index contributed by atoms with van der Waals surface area (Å²) < 4.78 is 7.19. The highest BCUT2D eigenvalue weighted by Crippen LogP contribution is 2.35. The molecule has 0 radical (unpaired) electrons. The summed E-state index contributed by atoms with van der Waals surface area (Å²) in [4.78, 5) is 0. The molecular formula is C15H21Br2NO2. The molecule has 0 unspecified atom stereocenters. The van der Waals surface area contributed by atoms with Crippen LogP contribution < -0.4 is 10.1 Å². The smallest absolute Gasteiger partial charge is 0.147 e. The Labute approximate surface area is 137 Å². The van der Waals surface area contributed by atoms with Crippen LogP contribution in [-0.4, -0.2) is 24.4 Å². The number of methoxy groups -OCH3 is 1. The second-order valence-electron chi connectivity index (χ2n) is 5.45. The van der Waals surface area contributed by atoms with E-state index in [9.17, 15) is 5.11 Å². The summed E-state index contributed by atoms with van der Waals surface area (Å²) in [5.41, 5.74) is 1.07. The molecule has 112 valence electrons. The number of rotatable bonds is 5. The first kappa shape index (κ1) is 16.3. The van der Waals surface area contributed by atoms with Crippen molar-refractivity contribution in [3.8, 4) is 5.75 Å². The zero-order valence-corrected chi connectivity index (χ0v) is 14.9. The predicted octanol–water partition coefficient (Wildman–Crippen LogP) is 4.01. The van der Waals surface area contributed by atoms with E-state index in [1.165, 1.54) is 24.8 Å². The van der Waals surface area contributed by atoms with Crippen LogP contribution in [0.15, 0.2) is 21.1 Å². The second-order valence-corrected chi connectivity index (χ2v) is 7.15. The molecule has 0 aliphatic heterocycles. The molecule has 1 saturated carbocycles. The van der Waals surface area contributed by atoms with Crippen molar-refractivity contribution >= 4 is 31.9 Å². The first-order valence-electron chi connectivity index (χ1n) is 6.98. The van der Waals surface area contributed by atoms with Crippen LogP contribution in [-0.2, 0) is 6.54 Å². The molecule has 5 heteroatoms. The van der Waals surface area contributed by atoms with E-state index in [1.807, 2.05) is 0 Å². The van der Waals surface area contributed by atoms with Gasteiger partial charge in [0.2, 0.25) is 0 Å². The SMILES string of the molecule is COc1c(Br)cc(CNC2(CO)CCCCC2)cc1Br. The summed E-state index contributed by atoms with van der Waals surface area (Å²) in [5.74, 6) is 0.809. The van der Waals surface area contributed by atoms with Crippen LogP contribution in [0.1, 0.15) is 37.7 Å². The minimum atomic E-state index is -0.100. The third kappa shape index (κ3) is 3.75. The lowest BCUT2D eigenvalue weighted by Crippen LogP contribution is -2.49. The predicted molar refractivity (Wildman–Crippen MR) is 88.1 cm³/mol. The molecule has 0 heterocycles. The number of hydrogen-bond donors (Lipinski definition) is 2. The maximum absolute atomic E-state index is 9.71. The van der Waals surface area contributed by atoms with Gasteiger partial charge in [0.1, 0.15) is 5.75 Å². The number of halogens is 2. The van der Waals surface area contributed by atoms with E-state index >= 15 is 0 Å². The van der Waals surface area contributed by atoms with Gasteiger partial charge >= 0.3 is 0 Å². The molecule has 20 heavy (non-hydrogen) atoms. The van der Waals surface area contributed by atoms with E-state index < -0.39 is 0 Å². The lowest BCUT2D eigenvalue weighted by molar-refractivity contribution is 0.119. The molecular weight excluding hydrogens is 386 g/mol. The fraction of sp³-hybridized carbons (Fsp3) is 0.600. The molecule has 0 aromatic heterocycles. The molecule has 2 N–H and O–H groups in total. The van der Waals surface area contributed by atoms with Crippen molar-refractivity contribution in [1.29, 1.82) is 0 Å². The Balaban J connectivity index is 2.06. The number of aliphatic hydroxyl groups excluding tert-OH is 1. The van der Waals surface area contributed by atoms with E-state index in [2.05, 4.69) is 49.3 Å². The Hall–Kier alpha value is -0.100. The monoisotopic (exact) mass is 405 g/mol. The summed E-state index contributed by atoms with van der Waals surface area (Å²) in [6, 6.07) is 4.12. The molecule has 1 fully saturated rings. The van der Waals surface area contributed by atoms with Gasteiger partial charge in [-0.1, -0.05) is 19.3 Å². The minimum Gasteiger partial charge on any atom is -0.494 e. The molecule has 1 aromatic carbocycles. The van der Waals surface area contributed by atoms with Gasteiger partial charge in [0, 0.05) is 12.1 Å². The van der Waals surface area contributed by atoms with E-state index in [1.54, 1.807) is 7.11 Å². The standard InChI is InChI=1S/C15H21Br2NO2/c1-20-14-12(16)7-11(8-13(14)17)9-18-15(10-19)5-3-2-4-6-15/h7-8,18-19H,2-6,9-10H2,1H3. The van der Waals surface area contributed by atoms with Crippen molar-refractivity contribution in [3.63, 3.8) is 0 Å². The van der Waals surface area contributed by atoms with Crippen molar-refractivity contribution in [2.24, 2.45) is 0 Å². The Kier molecular flexibility index (Phi) is 5.90. The van der Waals surface area contributed by atoms with Crippen LogP contribution in [0.3, 0.4) is 0 Å². The normalized spacial score (nSPS) is 18.0. The third-order valence-corrected chi connectivity index (χ3v) is 5.22. The first-order valence-corrected chi connectivity index (χ1v) is 8.57. The molecule has 1 aliphatic carbocycles. The zero-order valence-electron chi connectivity index (χ0n) is 11.7. The van der Waals surface area contributed by atoms with Gasteiger partial charge in [0.05, 0.1) is 22.7 Å². The number of benzene rings is 1. The first-order chi connectivity index (χ1) is 9.60. The summed E-state index contributed by atoms with van der Waals surface area (Å²) in [7, 11) is 1.66. The zero-order chi connectivity index (χ0) is 14.6. The van der Waals surface area contributed by atoms with Crippen molar-refractivity contribution in [1.82, 2.24) is 5.32 Å². The van der Waals surface area contributed by atoms with Gasteiger partial charge in [-0.2, -0.15) is 0 Å². The van der Waals surface area contributed by atoms with Crippen LogP contribution in [0.25, 0.3) is 0 Å². The van der Waals surface area contributed by atoms with E-state index in [-0.39, 0.29) is 12.1 Å². The van der Waals surface area contributed by atoms with Crippen molar-refractivity contribution in [2.45, 2.75) is 44.2 Å². The average Bonchev–Trinajstić information content (AvgIpc) is 2.46. The second kappa shape index (κ2) is 7.25. The van der Waals surface area contributed by atoms with Crippen LogP contribution >= 0.6 is 31.9 Å².